The van der Waals surface area contributed by atoms with E-state index in [1.165, 1.54) is 0 Å². The maximum absolute atomic E-state index is 12.5. The first-order valence-electron chi connectivity index (χ1n) is 6.68. The average Bonchev–Trinajstić information content (AvgIpc) is 2.51. The van der Waals surface area contributed by atoms with Crippen molar-refractivity contribution in [2.75, 3.05) is 11.4 Å². The SMILES string of the molecule is N#CCCN(C(=O)Cc1ccccc1Cl)c1ccccc1. The van der Waals surface area contributed by atoms with Gasteiger partial charge in [-0.05, 0) is 23.8 Å². The molecule has 0 atom stereocenters. The van der Waals surface area contributed by atoms with Crippen molar-refractivity contribution in [3.05, 3.63) is 65.2 Å². The second kappa shape index (κ2) is 7.47. The number of benzene rings is 2. The van der Waals surface area contributed by atoms with E-state index >= 15 is 0 Å². The maximum Gasteiger partial charge on any atom is 0.231 e. The lowest BCUT2D eigenvalue weighted by molar-refractivity contribution is -0.118. The first-order valence-corrected chi connectivity index (χ1v) is 7.06. The third kappa shape index (κ3) is 4.08. The Labute approximate surface area is 129 Å². The number of carbonyl (C=O) groups is 1. The summed E-state index contributed by atoms with van der Waals surface area (Å²) in [6.45, 7) is 0.379. The minimum Gasteiger partial charge on any atom is -0.311 e. The molecule has 2 aromatic carbocycles. The van der Waals surface area contributed by atoms with Gasteiger partial charge < -0.3 is 4.90 Å². The van der Waals surface area contributed by atoms with Crippen LogP contribution in [0.1, 0.15) is 12.0 Å². The molecule has 0 aliphatic heterocycles. The van der Waals surface area contributed by atoms with Gasteiger partial charge >= 0.3 is 0 Å². The van der Waals surface area contributed by atoms with Crippen LogP contribution in [0.4, 0.5) is 5.69 Å². The molecule has 0 spiro atoms. The molecular weight excluding hydrogens is 284 g/mol. The molecule has 0 heterocycles. The monoisotopic (exact) mass is 298 g/mol. The van der Waals surface area contributed by atoms with Gasteiger partial charge in [-0.1, -0.05) is 48.0 Å². The Morgan fingerprint density at radius 2 is 1.76 bits per heavy atom. The second-order valence-electron chi connectivity index (χ2n) is 4.56. The van der Waals surface area contributed by atoms with Crippen molar-refractivity contribution in [1.29, 1.82) is 5.26 Å². The third-order valence-electron chi connectivity index (χ3n) is 3.12. The summed E-state index contributed by atoms with van der Waals surface area (Å²) in [5.74, 6) is -0.0652. The van der Waals surface area contributed by atoms with Crippen molar-refractivity contribution < 1.29 is 4.79 Å². The standard InChI is InChI=1S/C17H15ClN2O/c18-16-10-5-4-7-14(16)13-17(21)20(12-6-11-19)15-8-2-1-3-9-15/h1-5,7-10H,6,12-13H2. The maximum atomic E-state index is 12.5. The molecule has 0 aromatic heterocycles. The van der Waals surface area contributed by atoms with Crippen LogP contribution in [-0.2, 0) is 11.2 Å². The number of carbonyl (C=O) groups excluding carboxylic acids is 1. The average molecular weight is 299 g/mol. The van der Waals surface area contributed by atoms with Crippen molar-refractivity contribution >= 4 is 23.2 Å². The van der Waals surface area contributed by atoms with Crippen molar-refractivity contribution in [2.24, 2.45) is 0 Å². The van der Waals surface area contributed by atoms with Crippen molar-refractivity contribution in [2.45, 2.75) is 12.8 Å². The number of halogens is 1. The topological polar surface area (TPSA) is 44.1 Å². The number of nitriles is 1. The van der Waals surface area contributed by atoms with E-state index in [1.54, 1.807) is 11.0 Å². The van der Waals surface area contributed by atoms with Gasteiger partial charge in [0.05, 0.1) is 18.9 Å². The fourth-order valence-electron chi connectivity index (χ4n) is 2.07. The Hall–Kier alpha value is -2.31. The first kappa shape index (κ1) is 15.1. The third-order valence-corrected chi connectivity index (χ3v) is 3.48. The van der Waals surface area contributed by atoms with E-state index in [4.69, 9.17) is 16.9 Å². The molecule has 0 N–H and O–H groups in total. The lowest BCUT2D eigenvalue weighted by atomic mass is 10.1. The van der Waals surface area contributed by atoms with Crippen LogP contribution in [0, 0.1) is 11.3 Å². The van der Waals surface area contributed by atoms with Crippen LogP contribution in [0.3, 0.4) is 0 Å². The summed E-state index contributed by atoms with van der Waals surface area (Å²) in [6.07, 6.45) is 0.517. The summed E-state index contributed by atoms with van der Waals surface area (Å²) in [4.78, 5) is 14.2. The Bertz CT molecular complexity index is 649. The molecule has 2 rings (SSSR count). The predicted molar refractivity (Wildman–Crippen MR) is 84.2 cm³/mol. The van der Waals surface area contributed by atoms with Crippen LogP contribution < -0.4 is 4.90 Å². The van der Waals surface area contributed by atoms with E-state index in [2.05, 4.69) is 6.07 Å². The Morgan fingerprint density at radius 1 is 1.10 bits per heavy atom. The molecule has 0 fully saturated rings. The number of para-hydroxylation sites is 1. The Morgan fingerprint density at radius 3 is 2.43 bits per heavy atom. The van der Waals surface area contributed by atoms with E-state index in [0.717, 1.165) is 11.3 Å². The van der Waals surface area contributed by atoms with Gasteiger partial charge in [0.2, 0.25) is 5.91 Å². The zero-order valence-corrected chi connectivity index (χ0v) is 12.3. The van der Waals surface area contributed by atoms with Crippen LogP contribution in [0.5, 0.6) is 0 Å². The number of nitrogens with zero attached hydrogens (tertiary/aromatic N) is 2. The minimum atomic E-state index is -0.0652. The molecule has 0 saturated heterocycles. The van der Waals surface area contributed by atoms with Crippen LogP contribution in [-0.4, -0.2) is 12.5 Å². The first-order chi connectivity index (χ1) is 10.2. The van der Waals surface area contributed by atoms with Crippen LogP contribution in [0.15, 0.2) is 54.6 Å². The van der Waals surface area contributed by atoms with Crippen molar-refractivity contribution in [3.63, 3.8) is 0 Å². The molecule has 2 aromatic rings. The smallest absolute Gasteiger partial charge is 0.231 e. The summed E-state index contributed by atoms with van der Waals surface area (Å²) in [5.41, 5.74) is 1.59. The van der Waals surface area contributed by atoms with Gasteiger partial charge in [-0.3, -0.25) is 4.79 Å². The molecule has 106 valence electrons. The van der Waals surface area contributed by atoms with Gasteiger partial charge in [0.1, 0.15) is 0 Å². The van der Waals surface area contributed by atoms with E-state index in [1.807, 2.05) is 48.5 Å². The highest BCUT2D eigenvalue weighted by molar-refractivity contribution is 6.31. The normalized spacial score (nSPS) is 9.90. The summed E-state index contributed by atoms with van der Waals surface area (Å²) >= 11 is 6.10. The number of anilines is 1. The quantitative estimate of drug-likeness (QED) is 0.842. The van der Waals surface area contributed by atoms with Gasteiger partial charge in [0.15, 0.2) is 0 Å². The number of hydrogen-bond acceptors (Lipinski definition) is 2. The lowest BCUT2D eigenvalue weighted by Crippen LogP contribution is -2.33. The fourth-order valence-corrected chi connectivity index (χ4v) is 2.27. The van der Waals surface area contributed by atoms with Crippen molar-refractivity contribution in [3.8, 4) is 6.07 Å². The van der Waals surface area contributed by atoms with Crippen molar-refractivity contribution in [1.82, 2.24) is 0 Å². The largest absolute Gasteiger partial charge is 0.311 e. The fraction of sp³-hybridized carbons (Fsp3) is 0.176. The molecule has 0 bridgehead atoms. The lowest BCUT2D eigenvalue weighted by Gasteiger charge is -2.22. The van der Waals surface area contributed by atoms with Gasteiger partial charge in [-0.15, -0.1) is 0 Å². The summed E-state index contributed by atoms with van der Waals surface area (Å²) in [5, 5.41) is 9.35. The zero-order chi connectivity index (χ0) is 15.1. The highest BCUT2D eigenvalue weighted by atomic mass is 35.5. The molecule has 0 unspecified atom stereocenters. The minimum absolute atomic E-state index is 0.0652. The molecule has 0 radical (unpaired) electrons. The molecule has 1 amide bonds. The summed E-state index contributed by atoms with van der Waals surface area (Å²) < 4.78 is 0. The van der Waals surface area contributed by atoms with Gasteiger partial charge in [0, 0.05) is 17.3 Å². The van der Waals surface area contributed by atoms with Crippen LogP contribution in [0.2, 0.25) is 5.02 Å². The molecule has 0 aliphatic carbocycles. The molecule has 21 heavy (non-hydrogen) atoms. The second-order valence-corrected chi connectivity index (χ2v) is 4.96. The van der Waals surface area contributed by atoms with Gasteiger partial charge in [0.25, 0.3) is 0 Å². The molecule has 3 nitrogen and oxygen atoms in total. The Kier molecular flexibility index (Phi) is 5.36. The molecule has 0 aliphatic rings. The highest BCUT2D eigenvalue weighted by Gasteiger charge is 2.16. The van der Waals surface area contributed by atoms with Crippen LogP contribution >= 0.6 is 11.6 Å². The van der Waals surface area contributed by atoms with E-state index in [-0.39, 0.29) is 12.3 Å². The number of rotatable bonds is 5. The number of amides is 1. The predicted octanol–water partition coefficient (Wildman–Crippen LogP) is 3.83. The zero-order valence-electron chi connectivity index (χ0n) is 11.5. The Balaban J connectivity index is 2.19. The van der Waals surface area contributed by atoms with Gasteiger partial charge in [-0.2, -0.15) is 5.26 Å². The molecular formula is C17H15ClN2O. The van der Waals surface area contributed by atoms with E-state index in [0.29, 0.717) is 18.0 Å². The van der Waals surface area contributed by atoms with Gasteiger partial charge in [-0.25, -0.2) is 0 Å². The molecule has 4 heteroatoms. The van der Waals surface area contributed by atoms with Crippen LogP contribution in [0.25, 0.3) is 0 Å². The summed E-state index contributed by atoms with van der Waals surface area (Å²) in [7, 11) is 0. The summed E-state index contributed by atoms with van der Waals surface area (Å²) in [6, 6.07) is 18.7. The van der Waals surface area contributed by atoms with E-state index in [9.17, 15) is 4.79 Å². The number of hydrogen-bond donors (Lipinski definition) is 0. The molecule has 0 saturated carbocycles. The van der Waals surface area contributed by atoms with E-state index < -0.39 is 0 Å². The highest BCUT2D eigenvalue weighted by Crippen LogP contribution is 2.19.